The second-order valence-electron chi connectivity index (χ2n) is 11.1. The topological polar surface area (TPSA) is 91.9 Å². The van der Waals surface area contributed by atoms with Crippen molar-refractivity contribution in [1.82, 2.24) is 14.5 Å². The number of anilines is 2. The molecule has 0 radical (unpaired) electrons. The van der Waals surface area contributed by atoms with Crippen LogP contribution in [0.3, 0.4) is 0 Å². The number of pyridine rings is 2. The maximum atomic E-state index is 13.8. The van der Waals surface area contributed by atoms with Crippen LogP contribution in [0.2, 0.25) is 0 Å². The molecule has 0 unspecified atom stereocenters. The number of benzene rings is 1. The van der Waals surface area contributed by atoms with Crippen molar-refractivity contribution >= 4 is 34.2 Å². The minimum atomic E-state index is -4.57. The van der Waals surface area contributed by atoms with E-state index in [1.165, 1.54) is 21.9 Å². The Morgan fingerprint density at radius 2 is 1.77 bits per heavy atom. The molecule has 3 aromatic heterocycles. The lowest BCUT2D eigenvalue weighted by molar-refractivity contribution is -0.139. The number of nitrogens with zero attached hydrogens (tertiary/aromatic N) is 5. The van der Waals surface area contributed by atoms with Crippen LogP contribution in [0.1, 0.15) is 37.5 Å². The van der Waals surface area contributed by atoms with Crippen LogP contribution in [-0.2, 0) is 35.4 Å². The second-order valence-corrected chi connectivity index (χ2v) is 11.1. The molecule has 0 spiro atoms. The van der Waals surface area contributed by atoms with Crippen LogP contribution in [-0.4, -0.2) is 46.4 Å². The molecule has 0 saturated carbocycles. The van der Waals surface area contributed by atoms with Crippen LogP contribution < -0.4 is 15.4 Å². The molecule has 2 amide bonds. The first kappa shape index (κ1) is 30.0. The zero-order chi connectivity index (χ0) is 31.1. The number of carbonyl (C=O) groups excluding carboxylic acids is 2. The van der Waals surface area contributed by atoms with Gasteiger partial charge in [0.2, 0.25) is 11.8 Å². The monoisotopic (exact) mass is 595 g/mol. The summed E-state index contributed by atoms with van der Waals surface area (Å²) in [4.78, 5) is 48.2. The number of halogens is 3. The number of fused-ring (bicyclic) bond motifs is 2. The standard InChI is InChI=1S/C31H32F3N5O4/c1-5-39-24-7-6-20(16-25(24)36(4)28(41)30(2,3)29(39)42)18-37(19-21-17-35-11-8-23(21)31(32,33)34)13-14-38-12-9-26-22(27(38)40)10-15-43-26/h6-12,15-17H,5,13-14,18-19H2,1-4H3. The molecule has 1 aromatic carbocycles. The van der Waals surface area contributed by atoms with E-state index in [0.29, 0.717) is 28.9 Å². The Hall–Kier alpha value is -4.45. The van der Waals surface area contributed by atoms with Gasteiger partial charge in [-0.3, -0.25) is 24.3 Å². The fraction of sp³-hybridized carbons (Fsp3) is 0.355. The van der Waals surface area contributed by atoms with Crippen molar-refractivity contribution in [2.24, 2.45) is 5.41 Å². The molecule has 43 heavy (non-hydrogen) atoms. The van der Waals surface area contributed by atoms with Crippen LogP contribution >= 0.6 is 0 Å². The third-order valence-electron chi connectivity index (χ3n) is 7.89. The number of hydrogen-bond acceptors (Lipinski definition) is 6. The van der Waals surface area contributed by atoms with Crippen molar-refractivity contribution in [2.75, 3.05) is 29.9 Å². The van der Waals surface area contributed by atoms with Gasteiger partial charge in [0.15, 0.2) is 0 Å². The van der Waals surface area contributed by atoms with E-state index >= 15 is 0 Å². The number of alkyl halides is 3. The lowest BCUT2D eigenvalue weighted by atomic mass is 9.90. The average molecular weight is 596 g/mol. The fourth-order valence-corrected chi connectivity index (χ4v) is 5.52. The quantitative estimate of drug-likeness (QED) is 0.265. The van der Waals surface area contributed by atoms with E-state index in [9.17, 15) is 27.6 Å². The van der Waals surface area contributed by atoms with Gasteiger partial charge >= 0.3 is 6.18 Å². The number of rotatable bonds is 8. The molecule has 0 aliphatic carbocycles. The van der Waals surface area contributed by atoms with Gasteiger partial charge in [-0.1, -0.05) is 6.07 Å². The number of amides is 2. The minimum Gasteiger partial charge on any atom is -0.464 e. The highest BCUT2D eigenvalue weighted by atomic mass is 19.4. The van der Waals surface area contributed by atoms with Gasteiger partial charge in [0.05, 0.1) is 28.6 Å². The van der Waals surface area contributed by atoms with Crippen LogP contribution in [0.25, 0.3) is 11.0 Å². The van der Waals surface area contributed by atoms with E-state index in [4.69, 9.17) is 4.42 Å². The van der Waals surface area contributed by atoms with Gasteiger partial charge in [-0.25, -0.2) is 0 Å². The van der Waals surface area contributed by atoms with Gasteiger partial charge in [0.1, 0.15) is 11.0 Å². The third-order valence-corrected chi connectivity index (χ3v) is 7.89. The molecule has 4 heterocycles. The highest BCUT2D eigenvalue weighted by Crippen LogP contribution is 2.39. The molecular formula is C31H32F3N5O4. The first-order valence-electron chi connectivity index (χ1n) is 13.8. The maximum Gasteiger partial charge on any atom is 0.416 e. The zero-order valence-corrected chi connectivity index (χ0v) is 24.3. The largest absolute Gasteiger partial charge is 0.464 e. The van der Waals surface area contributed by atoms with Gasteiger partial charge in [-0.05, 0) is 62.2 Å². The average Bonchev–Trinajstić information content (AvgIpc) is 3.45. The molecule has 1 aliphatic rings. The van der Waals surface area contributed by atoms with E-state index in [1.54, 1.807) is 67.2 Å². The summed E-state index contributed by atoms with van der Waals surface area (Å²) in [6.45, 7) is 5.93. The molecule has 9 nitrogen and oxygen atoms in total. The lowest BCUT2D eigenvalue weighted by Gasteiger charge is -2.27. The van der Waals surface area contributed by atoms with Crippen LogP contribution in [0.4, 0.5) is 24.5 Å². The molecule has 0 N–H and O–H groups in total. The van der Waals surface area contributed by atoms with E-state index in [1.807, 2.05) is 6.92 Å². The van der Waals surface area contributed by atoms with E-state index in [2.05, 4.69) is 4.98 Å². The van der Waals surface area contributed by atoms with Crippen molar-refractivity contribution in [3.05, 3.63) is 88.3 Å². The third kappa shape index (κ3) is 5.66. The predicted molar refractivity (Wildman–Crippen MR) is 155 cm³/mol. The number of aromatic nitrogens is 2. The van der Waals surface area contributed by atoms with E-state index < -0.39 is 17.2 Å². The zero-order valence-electron chi connectivity index (χ0n) is 24.3. The Morgan fingerprint density at radius 1 is 1.00 bits per heavy atom. The van der Waals surface area contributed by atoms with Crippen LogP contribution in [0.15, 0.2) is 70.5 Å². The second kappa shape index (κ2) is 11.3. The van der Waals surface area contributed by atoms with E-state index in [0.717, 1.165) is 17.8 Å². The van der Waals surface area contributed by atoms with Gasteiger partial charge in [0, 0.05) is 58.4 Å². The number of furan rings is 1. The number of hydrogen-bond donors (Lipinski definition) is 0. The molecule has 1 aliphatic heterocycles. The Kier molecular flexibility index (Phi) is 7.91. The molecule has 0 fully saturated rings. The SMILES string of the molecule is CCN1C(=O)C(C)(C)C(=O)N(C)c2cc(CN(CCn3ccc4occc4c3=O)Cc3cnccc3C(F)(F)F)ccc21. The lowest BCUT2D eigenvalue weighted by Crippen LogP contribution is -2.47. The summed E-state index contributed by atoms with van der Waals surface area (Å²) in [6.07, 6.45) is 0.772. The molecule has 0 saturated heterocycles. The molecule has 12 heteroatoms. The summed E-state index contributed by atoms with van der Waals surface area (Å²) in [5.41, 5.74) is -0.0338. The Balaban J connectivity index is 1.50. The minimum absolute atomic E-state index is 0.000746. The van der Waals surface area contributed by atoms with Crippen molar-refractivity contribution in [3.63, 3.8) is 0 Å². The van der Waals surface area contributed by atoms with Gasteiger partial charge < -0.3 is 18.8 Å². The fourth-order valence-electron chi connectivity index (χ4n) is 5.52. The molecule has 4 aromatic rings. The number of carbonyl (C=O) groups is 2. The summed E-state index contributed by atoms with van der Waals surface area (Å²) >= 11 is 0. The van der Waals surface area contributed by atoms with Gasteiger partial charge in [-0.15, -0.1) is 0 Å². The van der Waals surface area contributed by atoms with Crippen molar-refractivity contribution < 1.29 is 27.2 Å². The van der Waals surface area contributed by atoms with Gasteiger partial charge in [0.25, 0.3) is 5.56 Å². The Bertz CT molecular complexity index is 1740. The normalized spacial score (nSPS) is 15.3. The van der Waals surface area contributed by atoms with Crippen LogP contribution in [0, 0.1) is 5.41 Å². The first-order chi connectivity index (χ1) is 20.3. The Labute approximate surface area is 246 Å². The molecule has 5 rings (SSSR count). The van der Waals surface area contributed by atoms with Crippen LogP contribution in [0.5, 0.6) is 0 Å². The molecule has 0 atom stereocenters. The Morgan fingerprint density at radius 3 is 2.49 bits per heavy atom. The summed E-state index contributed by atoms with van der Waals surface area (Å²) in [6, 6.07) is 9.55. The summed E-state index contributed by atoms with van der Waals surface area (Å²) in [5.74, 6) is -0.667. The van der Waals surface area contributed by atoms with Crippen molar-refractivity contribution in [2.45, 2.75) is 46.6 Å². The summed E-state index contributed by atoms with van der Waals surface area (Å²) in [7, 11) is 1.61. The summed E-state index contributed by atoms with van der Waals surface area (Å²) < 4.78 is 48.3. The molecular weight excluding hydrogens is 563 g/mol. The highest BCUT2D eigenvalue weighted by Gasteiger charge is 2.45. The first-order valence-corrected chi connectivity index (χ1v) is 13.8. The maximum absolute atomic E-state index is 13.8. The van der Waals surface area contributed by atoms with Gasteiger partial charge in [-0.2, -0.15) is 13.2 Å². The van der Waals surface area contributed by atoms with Crippen molar-refractivity contribution in [3.8, 4) is 0 Å². The van der Waals surface area contributed by atoms with E-state index in [-0.39, 0.29) is 49.1 Å². The van der Waals surface area contributed by atoms with Crippen molar-refractivity contribution in [1.29, 1.82) is 0 Å². The molecule has 0 bridgehead atoms. The highest BCUT2D eigenvalue weighted by molar-refractivity contribution is 6.19. The summed E-state index contributed by atoms with van der Waals surface area (Å²) in [5, 5.41) is 0.414. The predicted octanol–water partition coefficient (Wildman–Crippen LogP) is 5.07. The molecule has 226 valence electrons. The smallest absolute Gasteiger partial charge is 0.416 e.